The average Bonchev–Trinajstić information content (AvgIpc) is 2.32. The molecule has 4 heteroatoms. The van der Waals surface area contributed by atoms with Gasteiger partial charge in [-0.3, -0.25) is 4.79 Å². The Kier molecular flexibility index (Phi) is 3.30. The van der Waals surface area contributed by atoms with Crippen LogP contribution in [0.25, 0.3) is 0 Å². The second-order valence-corrected chi connectivity index (χ2v) is 4.59. The smallest absolute Gasteiger partial charge is 0.268 e. The quantitative estimate of drug-likeness (QED) is 0.766. The number of hydrogen-bond donors (Lipinski definition) is 0. The van der Waals surface area contributed by atoms with Crippen molar-refractivity contribution in [3.8, 4) is 6.07 Å². The predicted octanol–water partition coefficient (Wildman–Crippen LogP) is 1.12. The minimum atomic E-state index is -0.127. The highest BCUT2D eigenvalue weighted by atomic mass is 16.1. The van der Waals surface area contributed by atoms with Crippen LogP contribution in [0.4, 0.5) is 0 Å². The Morgan fingerprint density at radius 2 is 2.29 bits per heavy atom. The molecule has 0 fully saturated rings. The molecule has 0 aliphatic carbocycles. The largest absolute Gasteiger partial charge is 0.311 e. The number of fused-ring (bicyclic) bond motifs is 1. The van der Waals surface area contributed by atoms with Crippen LogP contribution in [0.2, 0.25) is 0 Å². The molecule has 4 nitrogen and oxygen atoms in total. The van der Waals surface area contributed by atoms with E-state index in [0.717, 1.165) is 37.2 Å². The maximum Gasteiger partial charge on any atom is 0.268 e. The summed E-state index contributed by atoms with van der Waals surface area (Å²) in [6.45, 7) is 4.56. The van der Waals surface area contributed by atoms with Crippen LogP contribution in [0.3, 0.4) is 0 Å². The molecule has 0 N–H and O–H groups in total. The van der Waals surface area contributed by atoms with Crippen LogP contribution in [0.15, 0.2) is 10.9 Å². The van der Waals surface area contributed by atoms with E-state index >= 15 is 0 Å². The molecule has 0 bridgehead atoms. The van der Waals surface area contributed by atoms with Gasteiger partial charge in [-0.2, -0.15) is 5.26 Å². The van der Waals surface area contributed by atoms with E-state index in [9.17, 15) is 4.79 Å². The van der Waals surface area contributed by atoms with Crippen molar-refractivity contribution in [2.75, 3.05) is 13.6 Å². The van der Waals surface area contributed by atoms with Gasteiger partial charge in [0, 0.05) is 31.7 Å². The molecule has 0 radical (unpaired) electrons. The minimum absolute atomic E-state index is 0.127. The van der Waals surface area contributed by atoms with Crippen LogP contribution >= 0.6 is 0 Å². The molecule has 17 heavy (non-hydrogen) atoms. The number of pyridine rings is 1. The Hall–Kier alpha value is -1.60. The average molecular weight is 231 g/mol. The summed E-state index contributed by atoms with van der Waals surface area (Å²) in [7, 11) is 2.06. The third-order valence-corrected chi connectivity index (χ3v) is 3.23. The zero-order chi connectivity index (χ0) is 12.4. The molecule has 0 aromatic carbocycles. The number of rotatable bonds is 2. The van der Waals surface area contributed by atoms with E-state index in [2.05, 4.69) is 11.9 Å². The van der Waals surface area contributed by atoms with E-state index in [-0.39, 0.29) is 11.1 Å². The molecule has 1 aliphatic heterocycles. The first-order valence-electron chi connectivity index (χ1n) is 6.01. The molecule has 0 saturated heterocycles. The molecule has 1 aliphatic rings. The van der Waals surface area contributed by atoms with Crippen molar-refractivity contribution < 1.29 is 0 Å². The topological polar surface area (TPSA) is 49.0 Å². The molecular formula is C13H17N3O. The molecular weight excluding hydrogens is 214 g/mol. The van der Waals surface area contributed by atoms with Crippen LogP contribution in [0, 0.1) is 11.3 Å². The van der Waals surface area contributed by atoms with Gasteiger partial charge in [-0.15, -0.1) is 0 Å². The lowest BCUT2D eigenvalue weighted by molar-refractivity contribution is 0.304. The Balaban J connectivity index is 2.60. The van der Waals surface area contributed by atoms with E-state index in [1.54, 1.807) is 10.6 Å². The molecule has 0 spiro atoms. The molecule has 1 aromatic rings. The van der Waals surface area contributed by atoms with Crippen LogP contribution in [-0.4, -0.2) is 23.1 Å². The van der Waals surface area contributed by atoms with Gasteiger partial charge < -0.3 is 9.47 Å². The van der Waals surface area contributed by atoms with E-state index in [1.807, 2.05) is 13.0 Å². The van der Waals surface area contributed by atoms with Gasteiger partial charge in [0.1, 0.15) is 11.6 Å². The van der Waals surface area contributed by atoms with Crippen molar-refractivity contribution >= 4 is 0 Å². The zero-order valence-electron chi connectivity index (χ0n) is 10.4. The van der Waals surface area contributed by atoms with Gasteiger partial charge in [0.2, 0.25) is 0 Å². The summed E-state index contributed by atoms with van der Waals surface area (Å²) in [5, 5.41) is 9.00. The Morgan fingerprint density at radius 3 is 2.94 bits per heavy atom. The molecule has 2 rings (SSSR count). The summed E-state index contributed by atoms with van der Waals surface area (Å²) >= 11 is 0. The lowest BCUT2D eigenvalue weighted by Crippen LogP contribution is -2.34. The second-order valence-electron chi connectivity index (χ2n) is 4.59. The van der Waals surface area contributed by atoms with Crippen molar-refractivity contribution in [2.45, 2.75) is 32.9 Å². The van der Waals surface area contributed by atoms with E-state index in [1.165, 1.54) is 0 Å². The first-order valence-corrected chi connectivity index (χ1v) is 6.01. The van der Waals surface area contributed by atoms with Crippen LogP contribution in [0.5, 0.6) is 0 Å². The molecule has 0 unspecified atom stereocenters. The zero-order valence-corrected chi connectivity index (χ0v) is 10.4. The van der Waals surface area contributed by atoms with Crippen LogP contribution in [-0.2, 0) is 19.5 Å². The van der Waals surface area contributed by atoms with Crippen LogP contribution < -0.4 is 5.56 Å². The lowest BCUT2D eigenvalue weighted by atomic mass is 10.0. The van der Waals surface area contributed by atoms with Crippen LogP contribution in [0.1, 0.15) is 30.2 Å². The number of likely N-dealkylation sites (N-methyl/N-ethyl adjacent to an activating group) is 1. The molecule has 90 valence electrons. The first-order chi connectivity index (χ1) is 8.17. The number of hydrogen-bond acceptors (Lipinski definition) is 3. The van der Waals surface area contributed by atoms with Gasteiger partial charge in [-0.05, 0) is 25.1 Å². The van der Waals surface area contributed by atoms with Gasteiger partial charge in [0.15, 0.2) is 0 Å². The van der Waals surface area contributed by atoms with Crippen molar-refractivity contribution in [2.24, 2.45) is 0 Å². The van der Waals surface area contributed by atoms with Crippen molar-refractivity contribution in [1.29, 1.82) is 5.26 Å². The molecule has 0 atom stereocenters. The fourth-order valence-electron chi connectivity index (χ4n) is 2.40. The SMILES string of the molecule is CCCn1c2c(cc(C#N)c1=O)CN(C)CC2. The van der Waals surface area contributed by atoms with Gasteiger partial charge in [0.25, 0.3) is 5.56 Å². The molecule has 2 heterocycles. The predicted molar refractivity (Wildman–Crippen MR) is 65.7 cm³/mol. The summed E-state index contributed by atoms with van der Waals surface area (Å²) in [6.07, 6.45) is 1.81. The molecule has 0 amide bonds. The summed E-state index contributed by atoms with van der Waals surface area (Å²) in [6, 6.07) is 3.77. The number of nitrogens with zero attached hydrogens (tertiary/aromatic N) is 3. The standard InChI is InChI=1S/C13H17N3O/c1-3-5-16-12-4-6-15(2)9-11(12)7-10(8-14)13(16)17/h7H,3-6,9H2,1-2H3. The maximum absolute atomic E-state index is 12.1. The summed E-state index contributed by atoms with van der Waals surface area (Å²) < 4.78 is 1.79. The summed E-state index contributed by atoms with van der Waals surface area (Å²) in [5.41, 5.74) is 2.39. The van der Waals surface area contributed by atoms with Crippen molar-refractivity contribution in [3.05, 3.63) is 33.2 Å². The monoisotopic (exact) mass is 231 g/mol. The fraction of sp³-hybridized carbons (Fsp3) is 0.538. The minimum Gasteiger partial charge on any atom is -0.311 e. The highest BCUT2D eigenvalue weighted by Crippen LogP contribution is 2.17. The van der Waals surface area contributed by atoms with Crippen molar-refractivity contribution in [3.63, 3.8) is 0 Å². The van der Waals surface area contributed by atoms with E-state index < -0.39 is 0 Å². The number of nitriles is 1. The van der Waals surface area contributed by atoms with E-state index in [4.69, 9.17) is 5.26 Å². The highest BCUT2D eigenvalue weighted by Gasteiger charge is 2.19. The summed E-state index contributed by atoms with van der Waals surface area (Å²) in [4.78, 5) is 14.3. The first kappa shape index (κ1) is 11.9. The maximum atomic E-state index is 12.1. The lowest BCUT2D eigenvalue weighted by Gasteiger charge is -2.27. The normalized spacial score (nSPS) is 15.4. The highest BCUT2D eigenvalue weighted by molar-refractivity contribution is 5.35. The van der Waals surface area contributed by atoms with E-state index in [0.29, 0.717) is 6.54 Å². The van der Waals surface area contributed by atoms with Gasteiger partial charge in [0.05, 0.1) is 0 Å². The van der Waals surface area contributed by atoms with Gasteiger partial charge in [-0.25, -0.2) is 0 Å². The summed E-state index contributed by atoms with van der Waals surface area (Å²) in [5.74, 6) is 0. The van der Waals surface area contributed by atoms with Gasteiger partial charge >= 0.3 is 0 Å². The number of aromatic nitrogens is 1. The fourth-order valence-corrected chi connectivity index (χ4v) is 2.40. The third-order valence-electron chi connectivity index (χ3n) is 3.23. The molecule has 1 aromatic heterocycles. The third kappa shape index (κ3) is 2.11. The Bertz CT molecular complexity index is 525. The Morgan fingerprint density at radius 1 is 1.53 bits per heavy atom. The molecule has 0 saturated carbocycles. The van der Waals surface area contributed by atoms with Crippen molar-refractivity contribution in [1.82, 2.24) is 9.47 Å². The van der Waals surface area contributed by atoms with Gasteiger partial charge in [-0.1, -0.05) is 6.92 Å². The Labute approximate surface area is 101 Å². The second kappa shape index (κ2) is 4.72.